The van der Waals surface area contributed by atoms with Gasteiger partial charge >= 0.3 is 0 Å². The molecule has 0 unspecified atom stereocenters. The average molecular weight is 403 g/mol. The van der Waals surface area contributed by atoms with E-state index in [0.717, 1.165) is 43.5 Å². The van der Waals surface area contributed by atoms with Crippen molar-refractivity contribution in [2.24, 2.45) is 5.41 Å². The van der Waals surface area contributed by atoms with E-state index >= 15 is 0 Å². The van der Waals surface area contributed by atoms with Crippen LogP contribution in [0.3, 0.4) is 0 Å². The molecule has 4 nitrogen and oxygen atoms in total. The van der Waals surface area contributed by atoms with Crippen LogP contribution in [0.15, 0.2) is 47.7 Å². The number of hydrogen-bond acceptors (Lipinski definition) is 4. The Hall–Kier alpha value is -2.92. The van der Waals surface area contributed by atoms with Crippen LogP contribution in [0.4, 0.5) is 0 Å². The predicted octanol–water partition coefficient (Wildman–Crippen LogP) is 6.41. The molecule has 0 saturated carbocycles. The Balaban J connectivity index is 1.91. The molecule has 0 saturated heterocycles. The lowest BCUT2D eigenvalue weighted by molar-refractivity contribution is -0.116. The molecule has 2 N–H and O–H groups in total. The summed E-state index contributed by atoms with van der Waals surface area (Å²) in [6.45, 7) is 6.10. The van der Waals surface area contributed by atoms with Crippen molar-refractivity contribution in [2.75, 3.05) is 0 Å². The van der Waals surface area contributed by atoms with Gasteiger partial charge in [0.2, 0.25) is 0 Å². The molecule has 5 heteroatoms. The monoisotopic (exact) mass is 402 g/mol. The summed E-state index contributed by atoms with van der Waals surface area (Å²) in [7, 11) is 0. The standard InChI is InChI=1S/C24H22N2O2S/c1-13-5-4-6-14(9-13)22-21(20-17(27)10-24(2,3)11-18(20)28)19-15(26-22)7-8-16-23(19)29-12-25-16/h4-9,12,26-27H,10-11H2,1-3H3. The summed E-state index contributed by atoms with van der Waals surface area (Å²) in [6, 6.07) is 12.2. The molecule has 2 aromatic carbocycles. The summed E-state index contributed by atoms with van der Waals surface area (Å²) in [6.07, 6.45) is 0.914. The Morgan fingerprint density at radius 2 is 2.00 bits per heavy atom. The summed E-state index contributed by atoms with van der Waals surface area (Å²) in [5.41, 5.74) is 7.73. The molecule has 2 heterocycles. The number of Topliss-reactive ketones (excluding diaryl/α,β-unsaturated/α-hetero) is 1. The number of aromatic nitrogens is 2. The van der Waals surface area contributed by atoms with Crippen molar-refractivity contribution in [3.05, 3.63) is 58.8 Å². The normalized spacial score (nSPS) is 16.9. The lowest BCUT2D eigenvalue weighted by Gasteiger charge is -2.30. The van der Waals surface area contributed by atoms with E-state index in [4.69, 9.17) is 0 Å². The van der Waals surface area contributed by atoms with Gasteiger partial charge in [0.1, 0.15) is 5.76 Å². The molecule has 146 valence electrons. The van der Waals surface area contributed by atoms with Crippen LogP contribution in [-0.4, -0.2) is 20.9 Å². The van der Waals surface area contributed by atoms with Gasteiger partial charge in [-0.05, 0) is 36.1 Å². The van der Waals surface area contributed by atoms with Gasteiger partial charge in [0, 0.05) is 29.3 Å². The highest BCUT2D eigenvalue weighted by molar-refractivity contribution is 7.17. The van der Waals surface area contributed by atoms with Gasteiger partial charge in [-0.25, -0.2) is 4.98 Å². The first kappa shape index (κ1) is 18.1. The van der Waals surface area contributed by atoms with Crippen LogP contribution in [0, 0.1) is 12.3 Å². The van der Waals surface area contributed by atoms with E-state index in [-0.39, 0.29) is 17.0 Å². The van der Waals surface area contributed by atoms with E-state index in [1.165, 1.54) is 0 Å². The number of carbonyl (C=O) groups excluding carboxylic acids is 1. The summed E-state index contributed by atoms with van der Waals surface area (Å²) in [5.74, 6) is 0.178. The number of benzene rings is 2. The van der Waals surface area contributed by atoms with Crippen LogP contribution in [-0.2, 0) is 4.79 Å². The molecule has 1 aliphatic carbocycles. The molecule has 0 bridgehead atoms. The van der Waals surface area contributed by atoms with Crippen molar-refractivity contribution in [2.45, 2.75) is 33.6 Å². The number of rotatable bonds is 2. The van der Waals surface area contributed by atoms with Crippen molar-refractivity contribution < 1.29 is 9.90 Å². The van der Waals surface area contributed by atoms with Gasteiger partial charge < -0.3 is 10.1 Å². The lowest BCUT2D eigenvalue weighted by Crippen LogP contribution is -2.25. The highest BCUT2D eigenvalue weighted by Gasteiger charge is 2.36. The fourth-order valence-electron chi connectivity index (χ4n) is 4.44. The highest BCUT2D eigenvalue weighted by Crippen LogP contribution is 2.46. The summed E-state index contributed by atoms with van der Waals surface area (Å²) < 4.78 is 1.03. The van der Waals surface area contributed by atoms with E-state index in [1.54, 1.807) is 11.3 Å². The van der Waals surface area contributed by atoms with Crippen molar-refractivity contribution in [3.63, 3.8) is 0 Å². The second kappa shape index (κ2) is 6.29. The third kappa shape index (κ3) is 2.88. The van der Waals surface area contributed by atoms with E-state index < -0.39 is 0 Å². The van der Waals surface area contributed by atoms with Crippen LogP contribution in [0.2, 0.25) is 0 Å². The predicted molar refractivity (Wildman–Crippen MR) is 119 cm³/mol. The van der Waals surface area contributed by atoms with Crippen LogP contribution in [0.5, 0.6) is 0 Å². The SMILES string of the molecule is Cc1cccc(-c2[nH]c3ccc4ncsc4c3c2C2=C(O)CC(C)(C)CC2=O)c1. The highest BCUT2D eigenvalue weighted by atomic mass is 32.1. The average Bonchev–Trinajstić information content (AvgIpc) is 3.24. The number of aryl methyl sites for hydroxylation is 1. The van der Waals surface area contributed by atoms with Crippen molar-refractivity contribution in [1.82, 2.24) is 9.97 Å². The quantitative estimate of drug-likeness (QED) is 0.407. The number of nitrogens with one attached hydrogen (secondary N) is 1. The first-order chi connectivity index (χ1) is 13.8. The number of thiazole rings is 1. The van der Waals surface area contributed by atoms with Crippen molar-refractivity contribution >= 4 is 43.8 Å². The van der Waals surface area contributed by atoms with Crippen LogP contribution in [0.25, 0.3) is 38.0 Å². The lowest BCUT2D eigenvalue weighted by atomic mass is 9.74. The number of allylic oxidation sites excluding steroid dienone is 2. The Morgan fingerprint density at radius 3 is 2.76 bits per heavy atom. The maximum Gasteiger partial charge on any atom is 0.167 e. The maximum absolute atomic E-state index is 13.2. The minimum atomic E-state index is -0.236. The smallest absolute Gasteiger partial charge is 0.167 e. The molecule has 1 aliphatic rings. The van der Waals surface area contributed by atoms with E-state index in [2.05, 4.69) is 29.0 Å². The Labute approximate surface area is 172 Å². The number of hydrogen-bond donors (Lipinski definition) is 2. The van der Waals surface area contributed by atoms with E-state index in [0.29, 0.717) is 18.4 Å². The van der Waals surface area contributed by atoms with Gasteiger partial charge in [0.05, 0.1) is 27.0 Å². The summed E-state index contributed by atoms with van der Waals surface area (Å²) >= 11 is 1.56. The van der Waals surface area contributed by atoms with Crippen LogP contribution >= 0.6 is 11.3 Å². The number of H-pyrrole nitrogens is 1. The zero-order valence-corrected chi connectivity index (χ0v) is 17.5. The number of ketones is 1. The third-order valence-electron chi connectivity index (χ3n) is 5.67. The summed E-state index contributed by atoms with van der Waals surface area (Å²) in [5, 5.41) is 12.0. The van der Waals surface area contributed by atoms with E-state index in [1.807, 2.05) is 43.6 Å². The van der Waals surface area contributed by atoms with Crippen molar-refractivity contribution in [1.29, 1.82) is 0 Å². The second-order valence-corrected chi connectivity index (χ2v) is 9.55. The number of nitrogens with zero attached hydrogens (tertiary/aromatic N) is 1. The molecule has 2 aromatic heterocycles. The minimum Gasteiger partial charge on any atom is -0.512 e. The first-order valence-corrected chi connectivity index (χ1v) is 10.6. The fraction of sp³-hybridized carbons (Fsp3) is 0.250. The van der Waals surface area contributed by atoms with Gasteiger partial charge in [-0.15, -0.1) is 11.3 Å². The molecule has 29 heavy (non-hydrogen) atoms. The second-order valence-electron chi connectivity index (χ2n) is 8.70. The van der Waals surface area contributed by atoms with Crippen LogP contribution < -0.4 is 0 Å². The molecular weight excluding hydrogens is 380 g/mol. The number of aliphatic hydroxyl groups excluding tert-OH is 1. The van der Waals surface area contributed by atoms with Gasteiger partial charge in [0.25, 0.3) is 0 Å². The van der Waals surface area contributed by atoms with Crippen molar-refractivity contribution in [3.8, 4) is 11.3 Å². The molecule has 0 spiro atoms. The Kier molecular flexibility index (Phi) is 3.93. The van der Waals surface area contributed by atoms with Crippen LogP contribution in [0.1, 0.15) is 37.8 Å². The van der Waals surface area contributed by atoms with Gasteiger partial charge in [-0.3, -0.25) is 4.79 Å². The molecular formula is C24H22N2O2S. The Bertz CT molecular complexity index is 1320. The first-order valence-electron chi connectivity index (χ1n) is 9.75. The molecule has 0 radical (unpaired) electrons. The largest absolute Gasteiger partial charge is 0.512 e. The van der Waals surface area contributed by atoms with Gasteiger partial charge in [-0.1, -0.05) is 37.6 Å². The van der Waals surface area contributed by atoms with Gasteiger partial charge in [-0.2, -0.15) is 0 Å². The minimum absolute atomic E-state index is 0.00456. The third-order valence-corrected chi connectivity index (χ3v) is 6.53. The molecule has 0 aliphatic heterocycles. The number of fused-ring (bicyclic) bond motifs is 3. The maximum atomic E-state index is 13.2. The molecule has 5 rings (SSSR count). The number of aromatic amines is 1. The molecule has 0 amide bonds. The number of aliphatic hydroxyl groups is 1. The van der Waals surface area contributed by atoms with Gasteiger partial charge in [0.15, 0.2) is 5.78 Å². The van der Waals surface area contributed by atoms with E-state index in [9.17, 15) is 9.90 Å². The summed E-state index contributed by atoms with van der Waals surface area (Å²) in [4.78, 5) is 21.2. The Morgan fingerprint density at radius 1 is 1.17 bits per heavy atom. The zero-order chi connectivity index (χ0) is 20.3. The zero-order valence-electron chi connectivity index (χ0n) is 16.7. The molecule has 0 fully saturated rings. The molecule has 0 atom stereocenters. The fourth-order valence-corrected chi connectivity index (χ4v) is 5.28. The topological polar surface area (TPSA) is 66.0 Å². The number of carbonyl (C=O) groups is 1. The molecule has 4 aromatic rings.